The summed E-state index contributed by atoms with van der Waals surface area (Å²) in [7, 11) is 0. The fourth-order valence-electron chi connectivity index (χ4n) is 10.7. The number of aliphatic hydroxyl groups is 1. The molecule has 3 saturated carbocycles. The fraction of sp³-hybridized carbons (Fsp3) is 0.477. The van der Waals surface area contributed by atoms with Crippen molar-refractivity contribution in [3.8, 4) is 6.07 Å². The number of amides is 3. The van der Waals surface area contributed by atoms with Crippen molar-refractivity contribution in [2.24, 2.45) is 0 Å². The molecule has 1 unspecified atom stereocenters. The summed E-state index contributed by atoms with van der Waals surface area (Å²) in [5.74, 6) is -2.42. The van der Waals surface area contributed by atoms with E-state index in [-0.39, 0.29) is 41.4 Å². The molecule has 3 amide bonds. The number of anilines is 2. The minimum Gasteiger partial charge on any atom is -0.386 e. The fourth-order valence-corrected chi connectivity index (χ4v) is 10.7. The number of nitrogens with zero attached hydrogens (tertiary/aromatic N) is 9. The quantitative estimate of drug-likeness (QED) is 0.190. The van der Waals surface area contributed by atoms with Gasteiger partial charge in [-0.2, -0.15) is 15.5 Å². The zero-order valence-corrected chi connectivity index (χ0v) is 34.0. The number of piperazine rings is 1. The predicted octanol–water partition coefficient (Wildman–Crippen LogP) is 4.32. The topological polar surface area (TPSA) is 177 Å². The zero-order valence-electron chi connectivity index (χ0n) is 34.0. The van der Waals surface area contributed by atoms with Crippen molar-refractivity contribution >= 4 is 45.5 Å². The predicted molar refractivity (Wildman–Crippen MR) is 220 cm³/mol. The number of pyridine rings is 1. The molecule has 16 heteroatoms. The first-order valence-corrected chi connectivity index (χ1v) is 20.9. The second-order valence-electron chi connectivity index (χ2n) is 18.1. The van der Waals surface area contributed by atoms with Gasteiger partial charge in [0.15, 0.2) is 0 Å². The van der Waals surface area contributed by atoms with E-state index in [9.17, 15) is 24.8 Å². The highest BCUT2D eigenvalue weighted by Gasteiger charge is 2.71. The van der Waals surface area contributed by atoms with Crippen molar-refractivity contribution in [2.75, 3.05) is 49.5 Å². The molecule has 2 bridgehead atoms. The molecule has 15 nitrogen and oxygen atoms in total. The lowest BCUT2D eigenvalue weighted by atomic mass is 9.43. The number of imide groups is 1. The van der Waals surface area contributed by atoms with Crippen LogP contribution in [0.25, 0.3) is 16.4 Å². The third-order valence-electron chi connectivity index (χ3n) is 13.9. The molecule has 1 aromatic carbocycles. The standard InChI is InChI=1S/C44H48FN11O4/c1-26-37(19-33(45)39(48-26)31-5-7-38(57)50-40(31)58)53-10-8-29(9-11-53)52-12-14-54(15-13-52)43-23-44(24-43,25-43)55-22-28-17-35(32(42(2,3)60)18-34(28)51-55)49-41(59)36-6-4-30-16-27(20-46)21-47-56(30)36/h4,6,16-19,21-22,29,31,60H,5,7-15,23-25H2,1-3H3,(H,49,59)(H,50,57,58). The Labute approximate surface area is 346 Å². The van der Waals surface area contributed by atoms with Gasteiger partial charge in [-0.3, -0.25) is 39.2 Å². The van der Waals surface area contributed by atoms with Crippen LogP contribution in [0.4, 0.5) is 15.8 Å². The van der Waals surface area contributed by atoms with Crippen LogP contribution >= 0.6 is 0 Å². The first-order valence-electron chi connectivity index (χ1n) is 20.9. The molecule has 5 aromatic rings. The SMILES string of the molecule is Cc1nc(C2CCC(=O)NC2=O)c(F)cc1N1CCC(N2CCN(C34CC(n5cc6cc(NC(=O)c7ccc8cc(C#N)cnn78)c(C(C)(C)O)cc6n5)(C3)C4)CC2)CC1. The molecule has 7 heterocycles. The van der Waals surface area contributed by atoms with Crippen LogP contribution in [0, 0.1) is 24.1 Å². The van der Waals surface area contributed by atoms with E-state index < -0.39 is 23.2 Å². The average Bonchev–Trinajstić information content (AvgIpc) is 3.81. The number of aromatic nitrogens is 5. The Bertz CT molecular complexity index is 2620. The first kappa shape index (κ1) is 38.4. The third kappa shape index (κ3) is 6.33. The van der Waals surface area contributed by atoms with Crippen molar-refractivity contribution in [3.05, 3.63) is 82.8 Å². The Morgan fingerprint density at radius 2 is 1.77 bits per heavy atom. The molecule has 4 aromatic heterocycles. The van der Waals surface area contributed by atoms with Gasteiger partial charge in [-0.25, -0.2) is 8.91 Å². The van der Waals surface area contributed by atoms with Crippen molar-refractivity contribution in [2.45, 2.75) is 94.4 Å². The third-order valence-corrected chi connectivity index (χ3v) is 13.9. The van der Waals surface area contributed by atoms with Gasteiger partial charge < -0.3 is 15.3 Å². The number of aryl methyl sites for hydroxylation is 1. The number of rotatable bonds is 8. The van der Waals surface area contributed by atoms with E-state index >= 15 is 4.39 Å². The second kappa shape index (κ2) is 13.9. The number of hydrogen-bond donors (Lipinski definition) is 3. The van der Waals surface area contributed by atoms with Crippen molar-refractivity contribution in [1.82, 2.24) is 39.5 Å². The highest BCUT2D eigenvalue weighted by molar-refractivity contribution is 6.05. The Hall–Kier alpha value is -5.76. The largest absolute Gasteiger partial charge is 0.386 e. The van der Waals surface area contributed by atoms with Crippen LogP contribution < -0.4 is 15.5 Å². The number of nitriles is 1. The van der Waals surface area contributed by atoms with Gasteiger partial charge in [0, 0.05) is 86.2 Å². The summed E-state index contributed by atoms with van der Waals surface area (Å²) in [6, 6.07) is 12.9. The van der Waals surface area contributed by atoms with E-state index in [4.69, 9.17) is 5.10 Å². The number of carbonyl (C=O) groups excluding carboxylic acids is 3. The highest BCUT2D eigenvalue weighted by Crippen LogP contribution is 2.68. The van der Waals surface area contributed by atoms with Crippen LogP contribution in [0.3, 0.4) is 0 Å². The summed E-state index contributed by atoms with van der Waals surface area (Å²) in [6.07, 6.45) is 9.06. The van der Waals surface area contributed by atoms with Gasteiger partial charge in [-0.05, 0) is 89.6 Å². The summed E-state index contributed by atoms with van der Waals surface area (Å²) in [6.45, 7) is 11.0. The maximum absolute atomic E-state index is 15.3. The number of halogens is 1. The Morgan fingerprint density at radius 1 is 1.02 bits per heavy atom. The number of hydrogen-bond acceptors (Lipinski definition) is 11. The minimum absolute atomic E-state index is 0.0351. The van der Waals surface area contributed by atoms with Crippen molar-refractivity contribution in [3.63, 3.8) is 0 Å². The lowest BCUT2D eigenvalue weighted by Gasteiger charge is -2.74. The minimum atomic E-state index is -1.25. The van der Waals surface area contributed by atoms with E-state index in [0.717, 1.165) is 88.0 Å². The molecule has 6 fully saturated rings. The molecular weight excluding hydrogens is 766 g/mol. The van der Waals surface area contributed by atoms with E-state index in [1.165, 1.54) is 16.8 Å². The van der Waals surface area contributed by atoms with Gasteiger partial charge in [-0.15, -0.1) is 0 Å². The normalized spacial score (nSPS) is 25.2. The molecule has 1 atom stereocenters. The van der Waals surface area contributed by atoms with Crippen LogP contribution in [0.15, 0.2) is 48.8 Å². The summed E-state index contributed by atoms with van der Waals surface area (Å²) in [5.41, 5.74) is 3.71. The van der Waals surface area contributed by atoms with Crippen LogP contribution in [0.2, 0.25) is 0 Å². The summed E-state index contributed by atoms with van der Waals surface area (Å²) >= 11 is 0. The number of fused-ring (bicyclic) bond motifs is 2. The van der Waals surface area contributed by atoms with Crippen LogP contribution in [0.5, 0.6) is 0 Å². The molecule has 0 radical (unpaired) electrons. The van der Waals surface area contributed by atoms with Crippen LogP contribution in [-0.4, -0.2) is 108 Å². The van der Waals surface area contributed by atoms with Gasteiger partial charge >= 0.3 is 0 Å². The van der Waals surface area contributed by atoms with Gasteiger partial charge in [0.2, 0.25) is 11.8 Å². The van der Waals surface area contributed by atoms with Crippen LogP contribution in [-0.2, 0) is 20.7 Å². The molecule has 60 heavy (non-hydrogen) atoms. The first-order chi connectivity index (χ1) is 28.7. The smallest absolute Gasteiger partial charge is 0.274 e. The number of piperidine rings is 2. The van der Waals surface area contributed by atoms with E-state index in [1.54, 1.807) is 32.0 Å². The maximum atomic E-state index is 15.3. The monoisotopic (exact) mass is 813 g/mol. The highest BCUT2D eigenvalue weighted by atomic mass is 19.1. The lowest BCUT2D eigenvalue weighted by Crippen LogP contribution is -2.80. The van der Waals surface area contributed by atoms with Gasteiger partial charge in [0.05, 0.1) is 56.9 Å². The van der Waals surface area contributed by atoms with E-state index in [1.807, 2.05) is 19.1 Å². The lowest BCUT2D eigenvalue weighted by molar-refractivity contribution is -0.218. The second-order valence-corrected chi connectivity index (χ2v) is 18.1. The van der Waals surface area contributed by atoms with Crippen LogP contribution in [0.1, 0.15) is 97.7 Å². The Morgan fingerprint density at radius 3 is 2.47 bits per heavy atom. The Kier molecular flexibility index (Phi) is 8.91. The molecule has 0 spiro atoms. The maximum Gasteiger partial charge on any atom is 0.274 e. The average molecular weight is 814 g/mol. The summed E-state index contributed by atoms with van der Waals surface area (Å²) in [5, 5.41) is 35.9. The van der Waals surface area contributed by atoms with Crippen molar-refractivity contribution < 1.29 is 23.9 Å². The molecule has 3 aliphatic carbocycles. The molecule has 6 aliphatic rings. The zero-order chi connectivity index (χ0) is 41.7. The summed E-state index contributed by atoms with van der Waals surface area (Å²) in [4.78, 5) is 49.6. The molecule has 3 N–H and O–H groups in total. The van der Waals surface area contributed by atoms with Crippen molar-refractivity contribution in [1.29, 1.82) is 5.26 Å². The molecule has 3 aliphatic heterocycles. The van der Waals surface area contributed by atoms with Gasteiger partial charge in [0.25, 0.3) is 5.91 Å². The van der Waals surface area contributed by atoms with Gasteiger partial charge in [-0.1, -0.05) is 0 Å². The number of carbonyl (C=O) groups is 3. The number of benzene rings is 1. The van der Waals surface area contributed by atoms with E-state index in [0.29, 0.717) is 39.8 Å². The Balaban J connectivity index is 0.754. The molecule has 3 saturated heterocycles. The molecular formula is C44H48FN11O4. The molecule has 11 rings (SSSR count). The molecule has 310 valence electrons. The summed E-state index contributed by atoms with van der Waals surface area (Å²) < 4.78 is 19.0. The van der Waals surface area contributed by atoms with E-state index in [2.05, 4.69) is 52.4 Å². The number of nitrogens with one attached hydrogen (secondary N) is 2. The van der Waals surface area contributed by atoms with Gasteiger partial charge in [0.1, 0.15) is 17.6 Å².